The number of hydrogen-bond donors (Lipinski definition) is 8. The number of carbonyl (C=O) groups is 12. The molecule has 8 N–H and O–H groups in total. The summed E-state index contributed by atoms with van der Waals surface area (Å²) in [6.07, 6.45) is 1.50. The number of benzene rings is 4. The lowest BCUT2D eigenvalue weighted by molar-refractivity contribution is -0.148. The van der Waals surface area contributed by atoms with Gasteiger partial charge in [-0.3, -0.25) is 67.3 Å². The molecule has 10 atom stereocenters. The summed E-state index contributed by atoms with van der Waals surface area (Å²) in [6.45, 7) is 21.9. The molecule has 0 aliphatic carbocycles. The molecule has 0 unspecified atom stereocenters. The number of ether oxygens (including phenoxy) is 4. The Bertz CT molecular complexity index is 3780. The highest BCUT2D eigenvalue weighted by molar-refractivity contribution is 14.1. The number of nitrogens with one attached hydrogen (secondary N) is 8. The van der Waals surface area contributed by atoms with Crippen LogP contribution in [0.15, 0.2) is 121 Å². The minimum atomic E-state index is -1.38. The van der Waals surface area contributed by atoms with Crippen LogP contribution in [-0.2, 0) is 102 Å². The van der Waals surface area contributed by atoms with Crippen molar-refractivity contribution in [2.75, 3.05) is 87.8 Å². The van der Waals surface area contributed by atoms with Crippen molar-refractivity contribution in [2.45, 2.75) is 195 Å². The number of ketones is 2. The minimum absolute atomic E-state index is 0.0300. The standard InChI is InChI=1S/C90H122I2N10O16/c1-61(2)51-71(95-87(113)75(55-67-29-19-13-20-30-67)99-85(111)73(53-63(5)6)97-83(109)69(35-33-65-25-15-11-16-26-65)93-77(103)57-101-41-47-115-48-42-101)81(107)89(9,59-91)39-23-45-117-79(105)37-38-80(106)118-46-24-40-90(10,60-92)82(108)72(52-62(3)4)96-88(114)76(56-68-31-21-14-22-32-68)100-86(112)74(54-64(7)8)98-84(110)70(36-34-66-27-17-12-18-28-66)94-78(104)58-102-43-49-116-50-44-102/h11-22,25-32,61-64,69-76H,33-38,41-60H2,1-10H3,(H,93,103)(H,94,104)(H,95,113)(H,96,114)(H,97,109)(H,98,110)(H,99,111)(H,100,112)/t69-,70-,71-,72-,73-,74-,75-,76-,89+,90+/m0/s1. The third-order valence-corrected chi connectivity index (χ3v) is 23.1. The van der Waals surface area contributed by atoms with E-state index in [0.717, 1.165) is 11.1 Å². The summed E-state index contributed by atoms with van der Waals surface area (Å²) in [4.78, 5) is 174. The van der Waals surface area contributed by atoms with Gasteiger partial charge in [-0.1, -0.05) is 246 Å². The molecule has 2 fully saturated rings. The number of carbonyl (C=O) groups excluding carboxylic acids is 12. The third-order valence-electron chi connectivity index (χ3n) is 20.1. The number of halogens is 2. The summed E-state index contributed by atoms with van der Waals surface area (Å²) in [7, 11) is 0. The fourth-order valence-corrected chi connectivity index (χ4v) is 14.7. The topological polar surface area (TPSA) is 344 Å². The fraction of sp³-hybridized carbons (Fsp3) is 0.556. The summed E-state index contributed by atoms with van der Waals surface area (Å²) in [5.41, 5.74) is 0.599. The van der Waals surface area contributed by atoms with E-state index in [1.165, 1.54) is 0 Å². The van der Waals surface area contributed by atoms with E-state index in [1.807, 2.05) is 207 Å². The van der Waals surface area contributed by atoms with E-state index in [1.54, 1.807) is 38.1 Å². The zero-order valence-electron chi connectivity index (χ0n) is 70.0. The first kappa shape index (κ1) is 98.2. The zero-order valence-corrected chi connectivity index (χ0v) is 74.4. The molecule has 0 spiro atoms. The number of hydrogen-bond acceptors (Lipinski definition) is 18. The van der Waals surface area contributed by atoms with Crippen molar-refractivity contribution in [3.05, 3.63) is 144 Å². The number of nitrogens with zero attached hydrogens (tertiary/aromatic N) is 2. The predicted molar refractivity (Wildman–Crippen MR) is 468 cm³/mol. The van der Waals surface area contributed by atoms with Crippen LogP contribution in [0.1, 0.15) is 143 Å². The Morgan fingerprint density at radius 2 is 0.653 bits per heavy atom. The average Bonchev–Trinajstić information content (AvgIpc) is 0.821. The molecule has 2 aliphatic rings. The SMILES string of the molecule is CC(C)C[C@H](NC(=O)[C@H](CCc1ccccc1)NC(=O)CN1CCOCC1)C(=O)N[C@@H](Cc1ccccc1)C(=O)N[C@@H](CC(C)C)C(=O)[C@](C)(C#CCOC(=O)CCC(=O)OCC#C[C@](C)(CI)C(=O)[C@H](CC(C)C)NC(=O)[C@H](Cc1ccccc1)NC(=O)[C@H](CC(C)C)NC(=O)[C@H](CCc1ccccc1)NC(=O)CN1CCOCC1)CI. The molecule has 6 rings (SSSR count). The normalized spacial score (nSPS) is 16.1. The van der Waals surface area contributed by atoms with E-state index >= 15 is 0 Å². The lowest BCUT2D eigenvalue weighted by atomic mass is 9.82. The highest BCUT2D eigenvalue weighted by atomic mass is 127. The number of aryl methyl sites for hydroxylation is 2. The van der Waals surface area contributed by atoms with Crippen LogP contribution in [0.2, 0.25) is 0 Å². The summed E-state index contributed by atoms with van der Waals surface area (Å²) >= 11 is 4.08. The maximum absolute atomic E-state index is 14.8. The van der Waals surface area contributed by atoms with Gasteiger partial charge in [0.15, 0.2) is 24.8 Å². The molecule has 8 amide bonds. The molecule has 0 bridgehead atoms. The Morgan fingerprint density at radius 3 is 0.958 bits per heavy atom. The van der Waals surface area contributed by atoms with Crippen LogP contribution in [0.4, 0.5) is 0 Å². The Morgan fingerprint density at radius 1 is 0.381 bits per heavy atom. The number of alkyl halides is 2. The highest BCUT2D eigenvalue weighted by Gasteiger charge is 2.41. The van der Waals surface area contributed by atoms with E-state index in [-0.39, 0.29) is 109 Å². The van der Waals surface area contributed by atoms with Gasteiger partial charge in [0.25, 0.3) is 0 Å². The van der Waals surface area contributed by atoms with Crippen molar-refractivity contribution < 1.29 is 76.5 Å². The van der Waals surface area contributed by atoms with E-state index in [4.69, 9.17) is 18.9 Å². The second kappa shape index (κ2) is 51.7. The largest absolute Gasteiger partial charge is 0.452 e. The van der Waals surface area contributed by atoms with Crippen molar-refractivity contribution in [3.8, 4) is 23.7 Å². The van der Waals surface area contributed by atoms with Gasteiger partial charge >= 0.3 is 11.9 Å². The molecule has 0 aromatic heterocycles. The van der Waals surface area contributed by atoms with Gasteiger partial charge in [-0.2, -0.15) is 0 Å². The smallest absolute Gasteiger partial charge is 0.307 e. The molecule has 2 aliphatic heterocycles. The van der Waals surface area contributed by atoms with Crippen LogP contribution in [0.5, 0.6) is 0 Å². The summed E-state index contributed by atoms with van der Waals surface area (Å²) in [5, 5.41) is 23.4. The number of Topliss-reactive ketones (excluding diaryl/α,β-unsaturated/α-hetero) is 2. The fourth-order valence-electron chi connectivity index (χ4n) is 13.6. The second-order valence-electron chi connectivity index (χ2n) is 32.4. The Hall–Kier alpha value is -8.66. The van der Waals surface area contributed by atoms with Crippen molar-refractivity contribution in [3.63, 3.8) is 0 Å². The molecule has 2 heterocycles. The van der Waals surface area contributed by atoms with Crippen LogP contribution in [0, 0.1) is 58.2 Å². The number of amides is 8. The van der Waals surface area contributed by atoms with Crippen LogP contribution in [-0.4, -0.2) is 217 Å². The van der Waals surface area contributed by atoms with Crippen molar-refractivity contribution in [1.82, 2.24) is 52.3 Å². The molecule has 4 aromatic rings. The molecule has 642 valence electrons. The quantitative estimate of drug-likeness (QED) is 0.00926. The number of morpholine rings is 2. The summed E-state index contributed by atoms with van der Waals surface area (Å²) < 4.78 is 22.0. The highest BCUT2D eigenvalue weighted by Crippen LogP contribution is 2.27. The Labute approximate surface area is 724 Å². The van der Waals surface area contributed by atoms with Gasteiger partial charge in [-0.25, -0.2) is 0 Å². The minimum Gasteiger partial charge on any atom is -0.452 e. The van der Waals surface area contributed by atoms with Crippen LogP contribution in [0.3, 0.4) is 0 Å². The first-order chi connectivity index (χ1) is 56.3. The van der Waals surface area contributed by atoms with Gasteiger partial charge in [0, 0.05) is 47.9 Å². The van der Waals surface area contributed by atoms with Gasteiger partial charge in [0.05, 0.1) is 75.3 Å². The Kier molecular flexibility index (Phi) is 43.0. The van der Waals surface area contributed by atoms with Gasteiger partial charge in [-0.15, -0.1) is 0 Å². The average molecular weight is 1850 g/mol. The van der Waals surface area contributed by atoms with Crippen LogP contribution >= 0.6 is 45.2 Å². The zero-order chi connectivity index (χ0) is 86.2. The first-order valence-corrected chi connectivity index (χ1v) is 44.1. The van der Waals surface area contributed by atoms with Gasteiger partial charge in [0.1, 0.15) is 36.3 Å². The van der Waals surface area contributed by atoms with Crippen molar-refractivity contribution in [2.24, 2.45) is 34.5 Å². The lowest BCUT2D eigenvalue weighted by Gasteiger charge is -2.30. The van der Waals surface area contributed by atoms with Crippen molar-refractivity contribution >= 4 is 116 Å². The molecular weight excluding hydrogens is 1730 g/mol. The molecule has 0 radical (unpaired) electrons. The molecule has 26 nitrogen and oxygen atoms in total. The number of rotatable bonds is 47. The molecule has 2 saturated heterocycles. The summed E-state index contributed by atoms with van der Waals surface area (Å²) in [6, 6.07) is 28.4. The number of esters is 2. The van der Waals surface area contributed by atoms with Gasteiger partial charge in [0.2, 0.25) is 47.3 Å². The maximum Gasteiger partial charge on any atom is 0.307 e. The molecule has 0 saturated carbocycles. The van der Waals surface area contributed by atoms with Crippen molar-refractivity contribution in [1.29, 1.82) is 0 Å². The summed E-state index contributed by atoms with van der Waals surface area (Å²) in [5.74, 6) is 4.39. The Balaban J connectivity index is 1.06. The molecular formula is C90H122I2N10O16. The molecule has 28 heteroatoms. The van der Waals surface area contributed by atoms with Gasteiger partial charge < -0.3 is 61.5 Å². The second-order valence-corrected chi connectivity index (χ2v) is 33.9. The lowest BCUT2D eigenvalue weighted by Crippen LogP contribution is -2.59. The maximum atomic E-state index is 14.8. The van der Waals surface area contributed by atoms with Gasteiger partial charge in [-0.05, 0) is 111 Å². The van der Waals surface area contributed by atoms with E-state index in [2.05, 4.69) is 66.2 Å². The third kappa shape index (κ3) is 35.7. The first-order valence-electron chi connectivity index (χ1n) is 41.0. The predicted octanol–water partition coefficient (Wildman–Crippen LogP) is 7.36. The van der Waals surface area contributed by atoms with E-state index in [9.17, 15) is 57.5 Å². The van der Waals surface area contributed by atoms with E-state index in [0.29, 0.717) is 76.6 Å². The molecule has 4 aromatic carbocycles. The monoisotopic (exact) mass is 1850 g/mol. The van der Waals surface area contributed by atoms with Crippen LogP contribution in [0.25, 0.3) is 0 Å². The molecule has 118 heavy (non-hydrogen) atoms. The van der Waals surface area contributed by atoms with E-state index < -0.39 is 144 Å². The van der Waals surface area contributed by atoms with Crippen LogP contribution < -0.4 is 42.5 Å².